The normalized spacial score (nSPS) is 34.0. The van der Waals surface area contributed by atoms with E-state index in [0.717, 1.165) is 0 Å². The molecule has 28 heteroatoms. The second-order valence-electron chi connectivity index (χ2n) is 10.3. The van der Waals surface area contributed by atoms with Crippen LogP contribution in [0.3, 0.4) is 0 Å². The first-order valence-electron chi connectivity index (χ1n) is 11.6. The fourth-order valence-electron chi connectivity index (χ4n) is 6.37. The number of carbonyl (C=O) groups excluding carboxylic acids is 3. The summed E-state index contributed by atoms with van der Waals surface area (Å²) < 4.78 is 345. The van der Waals surface area contributed by atoms with E-state index in [-0.39, 0.29) is 0 Å². The van der Waals surface area contributed by atoms with Gasteiger partial charge in [0.15, 0.2) is 0 Å². The molecule has 0 aromatic carbocycles. The lowest BCUT2D eigenvalue weighted by molar-refractivity contribution is -0.686. The molecule has 284 valence electrons. The molecule has 0 aromatic heterocycles. The zero-order valence-electron chi connectivity index (χ0n) is 22.4. The summed E-state index contributed by atoms with van der Waals surface area (Å²) in [6, 6.07) is 0. The summed E-state index contributed by atoms with van der Waals surface area (Å²) >= 11 is 0. The van der Waals surface area contributed by atoms with Crippen LogP contribution in [0.1, 0.15) is 0 Å². The Labute approximate surface area is 257 Å². The fraction of sp³-hybridized carbons (Fsp3) is 0.591. The summed E-state index contributed by atoms with van der Waals surface area (Å²) in [5, 5.41) is 0. The highest BCUT2D eigenvalue weighted by atomic mass is 19.3. The number of halogens is 22. The molecule has 50 heavy (non-hydrogen) atoms. The highest BCUT2D eigenvalue weighted by molar-refractivity contribution is 5.86. The zero-order chi connectivity index (χ0) is 40.1. The van der Waals surface area contributed by atoms with Gasteiger partial charge in [0.2, 0.25) is 17.5 Å². The average Bonchev–Trinajstić information content (AvgIpc) is 2.83. The Bertz CT molecular complexity index is 1410. The van der Waals surface area contributed by atoms with E-state index in [1.807, 2.05) is 0 Å². The standard InChI is InChI=1S/C22H6F22O6/c1-4(23)7(45)48-20(39,40)10-14(27,28)11(21(41,42)49-8(46)5(2)24)16(31,32)12(15(10,29)30,22(43,44)50-9(47)6(3)25)19(37,38)13(26,17(10,33)34)18(11,35)36/h1-3H2. The molecule has 4 saturated carbocycles. The number of carbonyl (C=O) groups is 3. The van der Waals surface area contributed by atoms with E-state index in [1.165, 1.54) is 0 Å². The Kier molecular flexibility index (Phi) is 7.86. The molecule has 0 aliphatic heterocycles. The first kappa shape index (κ1) is 40.5. The van der Waals surface area contributed by atoms with Gasteiger partial charge in [-0.25, -0.2) is 71.5 Å². The quantitative estimate of drug-likeness (QED) is 0.105. The van der Waals surface area contributed by atoms with Crippen LogP contribution in [0.4, 0.5) is 96.6 Å². The molecule has 0 N–H and O–H groups in total. The molecular formula is C22H6F22O6. The Morgan fingerprint density at radius 1 is 0.380 bits per heavy atom. The van der Waals surface area contributed by atoms with Gasteiger partial charge in [0.25, 0.3) is 16.2 Å². The number of esters is 3. The zero-order valence-corrected chi connectivity index (χ0v) is 22.4. The minimum atomic E-state index is -9.48. The third kappa shape index (κ3) is 3.28. The molecule has 0 heterocycles. The molecule has 0 radical (unpaired) electrons. The summed E-state index contributed by atoms with van der Waals surface area (Å²) in [5.74, 6) is -78.3. The minimum absolute atomic E-state index is 1.67. The molecule has 4 aliphatic carbocycles. The average molecular weight is 784 g/mol. The van der Waals surface area contributed by atoms with Gasteiger partial charge in [-0.1, -0.05) is 19.7 Å². The van der Waals surface area contributed by atoms with E-state index in [2.05, 4.69) is 14.2 Å². The lowest BCUT2D eigenvalue weighted by Gasteiger charge is -2.79. The molecule has 4 bridgehead atoms. The third-order valence-corrected chi connectivity index (χ3v) is 8.17. The van der Waals surface area contributed by atoms with Crippen molar-refractivity contribution in [1.82, 2.24) is 0 Å². The smallest absolute Gasteiger partial charge is 0.394 e. The number of alkyl halides is 19. The van der Waals surface area contributed by atoms with Crippen molar-refractivity contribution in [3.05, 3.63) is 37.2 Å². The van der Waals surface area contributed by atoms with E-state index in [1.54, 1.807) is 19.7 Å². The summed E-state index contributed by atoms with van der Waals surface area (Å²) in [5.41, 5.74) is -37.3. The van der Waals surface area contributed by atoms with Crippen molar-refractivity contribution in [2.24, 2.45) is 16.2 Å². The van der Waals surface area contributed by atoms with Gasteiger partial charge >= 0.3 is 77.4 Å². The van der Waals surface area contributed by atoms with E-state index in [9.17, 15) is 27.6 Å². The fourth-order valence-corrected chi connectivity index (χ4v) is 6.37. The van der Waals surface area contributed by atoms with E-state index in [4.69, 9.17) is 0 Å². The first-order valence-corrected chi connectivity index (χ1v) is 11.6. The van der Waals surface area contributed by atoms with Crippen LogP contribution in [-0.2, 0) is 28.6 Å². The second kappa shape index (κ2) is 9.69. The van der Waals surface area contributed by atoms with Crippen molar-refractivity contribution in [1.29, 1.82) is 0 Å². The molecule has 4 fully saturated rings. The van der Waals surface area contributed by atoms with Crippen LogP contribution in [0, 0.1) is 16.2 Å². The molecule has 0 unspecified atom stereocenters. The Morgan fingerprint density at radius 3 is 0.680 bits per heavy atom. The molecule has 0 spiro atoms. The Morgan fingerprint density at radius 2 is 0.540 bits per heavy atom. The van der Waals surface area contributed by atoms with Crippen LogP contribution in [0.5, 0.6) is 0 Å². The number of rotatable bonds is 9. The largest absolute Gasteiger partial charge is 0.424 e. The Balaban J connectivity index is 2.98. The summed E-state index contributed by atoms with van der Waals surface area (Å²) in [6.45, 7) is 5.00. The van der Waals surface area contributed by atoms with Crippen LogP contribution >= 0.6 is 0 Å². The summed E-state index contributed by atoms with van der Waals surface area (Å²) in [4.78, 5) is 34.1. The van der Waals surface area contributed by atoms with Crippen LogP contribution < -0.4 is 0 Å². The van der Waals surface area contributed by atoms with Crippen molar-refractivity contribution < 1.29 is 125 Å². The van der Waals surface area contributed by atoms with E-state index < -0.39 is 111 Å². The van der Waals surface area contributed by atoms with Crippen molar-refractivity contribution in [3.8, 4) is 0 Å². The second-order valence-corrected chi connectivity index (χ2v) is 10.3. The first-order chi connectivity index (χ1) is 21.7. The van der Waals surface area contributed by atoms with Crippen molar-refractivity contribution >= 4 is 17.9 Å². The summed E-state index contributed by atoms with van der Waals surface area (Å²) in [6.07, 6.45) is -26.0. The van der Waals surface area contributed by atoms with Crippen LogP contribution in [-0.4, -0.2) is 77.4 Å². The van der Waals surface area contributed by atoms with Gasteiger partial charge in [-0.3, -0.25) is 0 Å². The van der Waals surface area contributed by atoms with Crippen molar-refractivity contribution in [3.63, 3.8) is 0 Å². The predicted octanol–water partition coefficient (Wildman–Crippen LogP) is 7.36. The molecular weight excluding hydrogens is 778 g/mol. The maximum atomic E-state index is 16.1. The molecule has 0 atom stereocenters. The molecule has 0 aromatic rings. The number of hydrogen-bond acceptors (Lipinski definition) is 6. The number of ether oxygens (including phenoxy) is 3. The van der Waals surface area contributed by atoms with Crippen LogP contribution in [0.15, 0.2) is 37.2 Å². The molecule has 0 saturated heterocycles. The third-order valence-electron chi connectivity index (χ3n) is 8.17. The topological polar surface area (TPSA) is 78.9 Å². The lowest BCUT2D eigenvalue weighted by Crippen LogP contribution is -3.09. The maximum Gasteiger partial charge on any atom is 0.424 e. The summed E-state index contributed by atoms with van der Waals surface area (Å²) in [7, 11) is 0. The van der Waals surface area contributed by atoms with E-state index >= 15 is 83.4 Å². The van der Waals surface area contributed by atoms with Crippen molar-refractivity contribution in [2.45, 2.75) is 59.5 Å². The Hall–Kier alpha value is -3.91. The van der Waals surface area contributed by atoms with Gasteiger partial charge in [-0.15, -0.1) is 0 Å². The van der Waals surface area contributed by atoms with Gasteiger partial charge in [-0.2, -0.15) is 39.5 Å². The highest BCUT2D eigenvalue weighted by Gasteiger charge is 3.28. The predicted molar refractivity (Wildman–Crippen MR) is 105 cm³/mol. The molecule has 0 amide bonds. The molecule has 4 aliphatic rings. The van der Waals surface area contributed by atoms with Gasteiger partial charge in [-0.05, 0) is 0 Å². The van der Waals surface area contributed by atoms with Gasteiger partial charge in [0, 0.05) is 0 Å². The highest BCUT2D eigenvalue weighted by Crippen LogP contribution is 2.98. The monoisotopic (exact) mass is 784 g/mol. The van der Waals surface area contributed by atoms with Gasteiger partial charge in [0.05, 0.1) is 0 Å². The van der Waals surface area contributed by atoms with Crippen molar-refractivity contribution in [2.75, 3.05) is 0 Å². The maximum absolute atomic E-state index is 16.1. The van der Waals surface area contributed by atoms with Crippen LogP contribution in [0.25, 0.3) is 0 Å². The van der Waals surface area contributed by atoms with Gasteiger partial charge < -0.3 is 14.2 Å². The minimum Gasteiger partial charge on any atom is -0.394 e. The molecule has 6 nitrogen and oxygen atoms in total. The number of hydrogen-bond donors (Lipinski definition) is 0. The van der Waals surface area contributed by atoms with Gasteiger partial charge in [0.1, 0.15) is 0 Å². The lowest BCUT2D eigenvalue weighted by atomic mass is 9.28. The SMILES string of the molecule is C=C(F)C(=O)OC(F)(F)C12C(F)(F)C3(F)C(F)(F)C(C(F)(F)OC(=O)C(=C)F)(C1(F)F)C(F)(F)C(C(F)(F)OC(=O)C(=C)F)(C3(F)F)C2(F)F. The van der Waals surface area contributed by atoms with E-state index in [0.29, 0.717) is 0 Å². The molecule has 4 rings (SSSR count). The van der Waals surface area contributed by atoms with Crippen LogP contribution in [0.2, 0.25) is 0 Å².